The molecule has 2 heterocycles. The van der Waals surface area contributed by atoms with E-state index in [1.54, 1.807) is 7.11 Å². The standard InChI is InChI=1S/C13H15N3O/c1-17-10-2-3-12-11(6-10)13(4-5-15-12)16-7-9(14)8-16/h2-6,9H,7-8,14H2,1H3. The second-order valence-corrected chi connectivity index (χ2v) is 4.38. The number of hydrogen-bond acceptors (Lipinski definition) is 4. The highest BCUT2D eigenvalue weighted by Gasteiger charge is 2.24. The molecule has 0 saturated carbocycles. The fourth-order valence-electron chi connectivity index (χ4n) is 2.22. The van der Waals surface area contributed by atoms with Crippen LogP contribution in [0.5, 0.6) is 5.75 Å². The van der Waals surface area contributed by atoms with Gasteiger partial charge in [0.1, 0.15) is 5.75 Å². The molecular formula is C13H15N3O. The van der Waals surface area contributed by atoms with Gasteiger partial charge in [0, 0.05) is 36.4 Å². The first-order chi connectivity index (χ1) is 8.28. The van der Waals surface area contributed by atoms with E-state index in [9.17, 15) is 0 Å². The van der Waals surface area contributed by atoms with Crippen LogP contribution in [-0.2, 0) is 0 Å². The lowest BCUT2D eigenvalue weighted by Gasteiger charge is -2.39. The Morgan fingerprint density at radius 2 is 2.18 bits per heavy atom. The monoisotopic (exact) mass is 229 g/mol. The lowest BCUT2D eigenvalue weighted by atomic mass is 10.1. The van der Waals surface area contributed by atoms with E-state index in [2.05, 4.69) is 9.88 Å². The van der Waals surface area contributed by atoms with Gasteiger partial charge in [0.2, 0.25) is 0 Å². The van der Waals surface area contributed by atoms with Crippen molar-refractivity contribution < 1.29 is 4.74 Å². The van der Waals surface area contributed by atoms with Gasteiger partial charge in [0.25, 0.3) is 0 Å². The Balaban J connectivity index is 2.10. The van der Waals surface area contributed by atoms with Crippen molar-refractivity contribution in [2.75, 3.05) is 25.1 Å². The van der Waals surface area contributed by atoms with Crippen molar-refractivity contribution in [1.82, 2.24) is 4.98 Å². The van der Waals surface area contributed by atoms with Crippen LogP contribution in [0.2, 0.25) is 0 Å². The second kappa shape index (κ2) is 3.89. The Morgan fingerprint density at radius 3 is 2.88 bits per heavy atom. The van der Waals surface area contributed by atoms with Gasteiger partial charge in [-0.3, -0.25) is 4.98 Å². The quantitative estimate of drug-likeness (QED) is 0.845. The van der Waals surface area contributed by atoms with Crippen LogP contribution in [-0.4, -0.2) is 31.2 Å². The maximum Gasteiger partial charge on any atom is 0.119 e. The van der Waals surface area contributed by atoms with E-state index in [1.165, 1.54) is 5.69 Å². The molecule has 1 aliphatic rings. The maximum absolute atomic E-state index is 5.82. The van der Waals surface area contributed by atoms with Crippen molar-refractivity contribution in [3.63, 3.8) is 0 Å². The summed E-state index contributed by atoms with van der Waals surface area (Å²) in [4.78, 5) is 6.64. The fourth-order valence-corrected chi connectivity index (χ4v) is 2.22. The molecule has 88 valence electrons. The molecule has 2 N–H and O–H groups in total. The lowest BCUT2D eigenvalue weighted by Crippen LogP contribution is -2.55. The molecule has 1 aromatic heterocycles. The van der Waals surface area contributed by atoms with Gasteiger partial charge in [-0.15, -0.1) is 0 Å². The first kappa shape index (κ1) is 10.4. The van der Waals surface area contributed by atoms with Crippen LogP contribution >= 0.6 is 0 Å². The average Bonchev–Trinajstić information content (AvgIpc) is 2.34. The Bertz CT molecular complexity index is 549. The van der Waals surface area contributed by atoms with Gasteiger partial charge in [-0.1, -0.05) is 0 Å². The van der Waals surface area contributed by atoms with Crippen LogP contribution in [0.15, 0.2) is 30.5 Å². The van der Waals surface area contributed by atoms with Gasteiger partial charge in [-0.05, 0) is 24.3 Å². The minimum absolute atomic E-state index is 0.295. The average molecular weight is 229 g/mol. The zero-order chi connectivity index (χ0) is 11.8. The third kappa shape index (κ3) is 1.70. The van der Waals surface area contributed by atoms with Crippen molar-refractivity contribution in [3.8, 4) is 5.75 Å². The molecule has 0 amide bonds. The highest BCUT2D eigenvalue weighted by atomic mass is 16.5. The summed E-state index contributed by atoms with van der Waals surface area (Å²) in [7, 11) is 1.68. The van der Waals surface area contributed by atoms with Gasteiger partial charge >= 0.3 is 0 Å². The molecule has 17 heavy (non-hydrogen) atoms. The van der Waals surface area contributed by atoms with Crippen LogP contribution < -0.4 is 15.4 Å². The lowest BCUT2D eigenvalue weighted by molar-refractivity contribution is 0.415. The van der Waals surface area contributed by atoms with E-state index in [-0.39, 0.29) is 0 Å². The minimum atomic E-state index is 0.295. The van der Waals surface area contributed by atoms with Gasteiger partial charge in [0.05, 0.1) is 12.6 Å². The van der Waals surface area contributed by atoms with Gasteiger partial charge in [-0.2, -0.15) is 0 Å². The number of hydrogen-bond donors (Lipinski definition) is 1. The molecule has 4 heteroatoms. The number of pyridine rings is 1. The Hall–Kier alpha value is -1.81. The molecule has 0 unspecified atom stereocenters. The van der Waals surface area contributed by atoms with Crippen molar-refractivity contribution in [2.45, 2.75) is 6.04 Å². The summed E-state index contributed by atoms with van der Waals surface area (Å²) in [5, 5.41) is 1.12. The molecule has 0 atom stereocenters. The molecule has 4 nitrogen and oxygen atoms in total. The number of ether oxygens (including phenoxy) is 1. The molecule has 0 spiro atoms. The maximum atomic E-state index is 5.82. The second-order valence-electron chi connectivity index (χ2n) is 4.38. The van der Waals surface area contributed by atoms with Crippen LogP contribution in [0.4, 0.5) is 5.69 Å². The van der Waals surface area contributed by atoms with Gasteiger partial charge in [0.15, 0.2) is 0 Å². The predicted octanol–water partition coefficient (Wildman–Crippen LogP) is 1.39. The van der Waals surface area contributed by atoms with Gasteiger partial charge in [-0.25, -0.2) is 0 Å². The summed E-state index contributed by atoms with van der Waals surface area (Å²) in [6.07, 6.45) is 1.84. The topological polar surface area (TPSA) is 51.4 Å². The summed E-state index contributed by atoms with van der Waals surface area (Å²) in [6.45, 7) is 1.83. The highest BCUT2D eigenvalue weighted by molar-refractivity contribution is 5.92. The summed E-state index contributed by atoms with van der Waals surface area (Å²) in [6, 6.07) is 8.27. The van der Waals surface area contributed by atoms with Crippen molar-refractivity contribution >= 4 is 16.6 Å². The zero-order valence-corrected chi connectivity index (χ0v) is 9.76. The summed E-state index contributed by atoms with van der Waals surface area (Å²) < 4.78 is 5.26. The Kier molecular flexibility index (Phi) is 2.37. The zero-order valence-electron chi connectivity index (χ0n) is 9.76. The molecule has 0 bridgehead atoms. The number of fused-ring (bicyclic) bond motifs is 1. The number of methoxy groups -OCH3 is 1. The van der Waals surface area contributed by atoms with Crippen molar-refractivity contribution in [2.24, 2.45) is 5.73 Å². The Labute approximate surface area is 100.0 Å². The molecule has 3 rings (SSSR count). The summed E-state index contributed by atoms with van der Waals surface area (Å²) >= 11 is 0. The van der Waals surface area contributed by atoms with Gasteiger partial charge < -0.3 is 15.4 Å². The van der Waals surface area contributed by atoms with Crippen LogP contribution in [0.1, 0.15) is 0 Å². The third-order valence-electron chi connectivity index (χ3n) is 3.18. The number of nitrogens with zero attached hydrogens (tertiary/aromatic N) is 2. The number of aromatic nitrogens is 1. The van der Waals surface area contributed by atoms with E-state index in [0.717, 1.165) is 29.7 Å². The number of anilines is 1. The normalized spacial score (nSPS) is 16.0. The predicted molar refractivity (Wildman–Crippen MR) is 68.5 cm³/mol. The largest absolute Gasteiger partial charge is 0.497 e. The van der Waals surface area contributed by atoms with Crippen molar-refractivity contribution in [3.05, 3.63) is 30.5 Å². The molecule has 0 radical (unpaired) electrons. The van der Waals surface area contributed by atoms with E-state index in [0.29, 0.717) is 6.04 Å². The molecule has 1 saturated heterocycles. The van der Waals surface area contributed by atoms with Crippen LogP contribution in [0.3, 0.4) is 0 Å². The van der Waals surface area contributed by atoms with Crippen molar-refractivity contribution in [1.29, 1.82) is 0 Å². The molecule has 1 aliphatic heterocycles. The smallest absolute Gasteiger partial charge is 0.119 e. The number of nitrogens with two attached hydrogens (primary N) is 1. The summed E-state index contributed by atoms with van der Waals surface area (Å²) in [5.41, 5.74) is 8.00. The van der Waals surface area contributed by atoms with E-state index >= 15 is 0 Å². The number of rotatable bonds is 2. The van der Waals surface area contributed by atoms with Crippen LogP contribution in [0.25, 0.3) is 10.9 Å². The fraction of sp³-hybridized carbons (Fsp3) is 0.308. The van der Waals surface area contributed by atoms with E-state index in [1.807, 2.05) is 30.5 Å². The first-order valence-electron chi connectivity index (χ1n) is 5.71. The Morgan fingerprint density at radius 1 is 1.35 bits per heavy atom. The highest BCUT2D eigenvalue weighted by Crippen LogP contribution is 2.30. The molecule has 0 aliphatic carbocycles. The van der Waals surface area contributed by atoms with Crippen LogP contribution in [0, 0.1) is 0 Å². The first-order valence-corrected chi connectivity index (χ1v) is 5.71. The third-order valence-corrected chi connectivity index (χ3v) is 3.18. The van der Waals surface area contributed by atoms with E-state index in [4.69, 9.17) is 10.5 Å². The molecular weight excluding hydrogens is 214 g/mol. The number of benzene rings is 1. The van der Waals surface area contributed by atoms with E-state index < -0.39 is 0 Å². The molecule has 2 aromatic rings. The molecule has 1 fully saturated rings. The molecule has 1 aromatic carbocycles. The summed E-state index contributed by atoms with van der Waals surface area (Å²) in [5.74, 6) is 0.858. The minimum Gasteiger partial charge on any atom is -0.497 e. The SMILES string of the molecule is COc1ccc2nccc(N3CC(N)C3)c2c1.